The van der Waals surface area contributed by atoms with Gasteiger partial charge in [0.25, 0.3) is 0 Å². The maximum Gasteiger partial charge on any atom is 0.235 e. The van der Waals surface area contributed by atoms with E-state index in [1.807, 2.05) is 0 Å². The maximum absolute atomic E-state index is 11.4. The zero-order valence-electron chi connectivity index (χ0n) is 6.83. The fraction of sp³-hybridized carbons (Fsp3) is 0.857. The van der Waals surface area contributed by atoms with Crippen molar-refractivity contribution >= 4 is 5.91 Å². The SMILES string of the molecule is CN(C)C(=O)C1(CO)COC1. The van der Waals surface area contributed by atoms with Crippen molar-refractivity contribution < 1.29 is 14.6 Å². The molecule has 0 unspecified atom stereocenters. The van der Waals surface area contributed by atoms with Crippen LogP contribution in [0.5, 0.6) is 0 Å². The van der Waals surface area contributed by atoms with Gasteiger partial charge >= 0.3 is 0 Å². The van der Waals surface area contributed by atoms with E-state index in [9.17, 15) is 4.79 Å². The van der Waals surface area contributed by atoms with Crippen molar-refractivity contribution in [2.75, 3.05) is 33.9 Å². The average Bonchev–Trinajstić information content (AvgIpc) is 1.86. The predicted molar refractivity (Wildman–Crippen MR) is 39.0 cm³/mol. The highest BCUT2D eigenvalue weighted by atomic mass is 16.5. The molecule has 0 spiro atoms. The third-order valence-electron chi connectivity index (χ3n) is 1.92. The van der Waals surface area contributed by atoms with Crippen LogP contribution in [0.1, 0.15) is 0 Å². The number of hydrogen-bond acceptors (Lipinski definition) is 3. The molecule has 0 bridgehead atoms. The highest BCUT2D eigenvalue weighted by Gasteiger charge is 2.46. The summed E-state index contributed by atoms with van der Waals surface area (Å²) in [6, 6.07) is 0. The molecule has 4 heteroatoms. The van der Waals surface area contributed by atoms with Gasteiger partial charge in [0.1, 0.15) is 5.41 Å². The molecule has 1 aliphatic heterocycles. The first-order chi connectivity index (χ1) is 5.12. The molecule has 1 saturated heterocycles. The van der Waals surface area contributed by atoms with Gasteiger partial charge in [0, 0.05) is 14.1 Å². The van der Waals surface area contributed by atoms with Crippen molar-refractivity contribution in [3.05, 3.63) is 0 Å². The van der Waals surface area contributed by atoms with E-state index in [0.717, 1.165) is 0 Å². The molecule has 1 fully saturated rings. The Morgan fingerprint density at radius 3 is 2.27 bits per heavy atom. The third-order valence-corrected chi connectivity index (χ3v) is 1.92. The summed E-state index contributed by atoms with van der Waals surface area (Å²) in [5, 5.41) is 8.93. The Hall–Kier alpha value is -0.610. The summed E-state index contributed by atoms with van der Waals surface area (Å²) in [7, 11) is 3.36. The van der Waals surface area contributed by atoms with Crippen LogP contribution in [0.25, 0.3) is 0 Å². The van der Waals surface area contributed by atoms with Crippen LogP contribution in [0.4, 0.5) is 0 Å². The number of hydrogen-bond donors (Lipinski definition) is 1. The van der Waals surface area contributed by atoms with Crippen molar-refractivity contribution in [1.29, 1.82) is 0 Å². The number of rotatable bonds is 2. The fourth-order valence-electron chi connectivity index (χ4n) is 1.11. The Morgan fingerprint density at radius 2 is 2.18 bits per heavy atom. The molecule has 0 radical (unpaired) electrons. The van der Waals surface area contributed by atoms with E-state index in [1.54, 1.807) is 14.1 Å². The second kappa shape index (κ2) is 2.79. The highest BCUT2D eigenvalue weighted by molar-refractivity contribution is 5.83. The molecule has 1 aliphatic rings. The minimum absolute atomic E-state index is 0.0498. The highest BCUT2D eigenvalue weighted by Crippen LogP contribution is 2.28. The van der Waals surface area contributed by atoms with E-state index < -0.39 is 5.41 Å². The minimum atomic E-state index is -0.635. The molecule has 11 heavy (non-hydrogen) atoms. The van der Waals surface area contributed by atoms with Crippen LogP contribution in [-0.4, -0.2) is 49.8 Å². The smallest absolute Gasteiger partial charge is 0.235 e. The lowest BCUT2D eigenvalue weighted by atomic mass is 9.85. The van der Waals surface area contributed by atoms with Gasteiger partial charge < -0.3 is 14.7 Å². The fourth-order valence-corrected chi connectivity index (χ4v) is 1.11. The molecule has 1 rings (SSSR count). The number of aliphatic hydroxyl groups is 1. The molecule has 1 heterocycles. The van der Waals surface area contributed by atoms with E-state index >= 15 is 0 Å². The molecule has 0 aromatic carbocycles. The standard InChI is InChI=1S/C7H13NO3/c1-8(2)6(10)7(3-9)4-11-5-7/h9H,3-5H2,1-2H3. The molecule has 1 amide bonds. The molecule has 0 aromatic rings. The zero-order chi connectivity index (χ0) is 8.48. The first kappa shape index (κ1) is 8.49. The van der Waals surface area contributed by atoms with Gasteiger partial charge in [-0.05, 0) is 0 Å². The molecule has 64 valence electrons. The first-order valence-corrected chi connectivity index (χ1v) is 3.53. The van der Waals surface area contributed by atoms with Crippen molar-refractivity contribution in [1.82, 2.24) is 4.90 Å². The lowest BCUT2D eigenvalue weighted by Gasteiger charge is -2.39. The van der Waals surface area contributed by atoms with Gasteiger partial charge in [0.15, 0.2) is 0 Å². The molecular weight excluding hydrogens is 146 g/mol. The second-order valence-electron chi connectivity index (χ2n) is 3.13. The normalized spacial score (nSPS) is 20.6. The summed E-state index contributed by atoms with van der Waals surface area (Å²) < 4.78 is 4.89. The van der Waals surface area contributed by atoms with Gasteiger partial charge in [-0.3, -0.25) is 4.79 Å². The zero-order valence-corrected chi connectivity index (χ0v) is 6.83. The summed E-state index contributed by atoms with van der Waals surface area (Å²) >= 11 is 0. The van der Waals surface area contributed by atoms with E-state index in [-0.39, 0.29) is 12.5 Å². The Labute approximate surface area is 65.8 Å². The average molecular weight is 159 g/mol. The molecule has 0 atom stereocenters. The van der Waals surface area contributed by atoms with Gasteiger partial charge in [-0.25, -0.2) is 0 Å². The molecule has 0 aromatic heterocycles. The summed E-state index contributed by atoms with van der Waals surface area (Å²) in [6.45, 7) is 0.574. The Morgan fingerprint density at radius 1 is 1.64 bits per heavy atom. The number of amides is 1. The van der Waals surface area contributed by atoms with Crippen LogP contribution in [0.2, 0.25) is 0 Å². The van der Waals surface area contributed by atoms with E-state index in [1.165, 1.54) is 4.90 Å². The van der Waals surface area contributed by atoms with E-state index in [2.05, 4.69) is 0 Å². The molecular formula is C7H13NO3. The Bertz CT molecular complexity index is 158. The van der Waals surface area contributed by atoms with Crippen LogP contribution >= 0.6 is 0 Å². The van der Waals surface area contributed by atoms with Crippen LogP contribution in [0, 0.1) is 5.41 Å². The quantitative estimate of drug-likeness (QED) is 0.567. The van der Waals surface area contributed by atoms with E-state index in [4.69, 9.17) is 9.84 Å². The van der Waals surface area contributed by atoms with Gasteiger partial charge in [-0.1, -0.05) is 0 Å². The lowest BCUT2D eigenvalue weighted by molar-refractivity contribution is -0.178. The first-order valence-electron chi connectivity index (χ1n) is 3.53. The monoisotopic (exact) mass is 159 g/mol. The largest absolute Gasteiger partial charge is 0.395 e. The van der Waals surface area contributed by atoms with Crippen molar-refractivity contribution in [3.8, 4) is 0 Å². The summed E-state index contributed by atoms with van der Waals surface area (Å²) in [5.74, 6) is -0.0498. The third kappa shape index (κ3) is 1.23. The summed E-state index contributed by atoms with van der Waals surface area (Å²) in [5.41, 5.74) is -0.635. The second-order valence-corrected chi connectivity index (χ2v) is 3.13. The Balaban J connectivity index is 2.62. The van der Waals surface area contributed by atoms with Gasteiger partial charge in [0.2, 0.25) is 5.91 Å². The van der Waals surface area contributed by atoms with Crippen LogP contribution < -0.4 is 0 Å². The summed E-state index contributed by atoms with van der Waals surface area (Å²) in [6.07, 6.45) is 0. The topological polar surface area (TPSA) is 49.8 Å². The Kier molecular flexibility index (Phi) is 2.15. The summed E-state index contributed by atoms with van der Waals surface area (Å²) in [4.78, 5) is 12.8. The number of nitrogens with zero attached hydrogens (tertiary/aromatic N) is 1. The van der Waals surface area contributed by atoms with Gasteiger partial charge in [-0.15, -0.1) is 0 Å². The van der Waals surface area contributed by atoms with Crippen LogP contribution in [0.15, 0.2) is 0 Å². The number of ether oxygens (including phenoxy) is 1. The van der Waals surface area contributed by atoms with Gasteiger partial charge in [-0.2, -0.15) is 0 Å². The molecule has 4 nitrogen and oxygen atoms in total. The van der Waals surface area contributed by atoms with Crippen LogP contribution in [0.3, 0.4) is 0 Å². The van der Waals surface area contributed by atoms with Crippen molar-refractivity contribution in [2.45, 2.75) is 0 Å². The lowest BCUT2D eigenvalue weighted by Crippen LogP contribution is -2.55. The number of aliphatic hydroxyl groups excluding tert-OH is 1. The van der Waals surface area contributed by atoms with Crippen LogP contribution in [-0.2, 0) is 9.53 Å². The minimum Gasteiger partial charge on any atom is -0.395 e. The van der Waals surface area contributed by atoms with Crippen molar-refractivity contribution in [2.24, 2.45) is 5.41 Å². The molecule has 1 N–H and O–H groups in total. The van der Waals surface area contributed by atoms with E-state index in [0.29, 0.717) is 13.2 Å². The molecule has 0 saturated carbocycles. The number of carbonyl (C=O) groups excluding carboxylic acids is 1. The van der Waals surface area contributed by atoms with Crippen molar-refractivity contribution in [3.63, 3.8) is 0 Å². The molecule has 0 aliphatic carbocycles. The number of carbonyl (C=O) groups is 1. The predicted octanol–water partition coefficient (Wildman–Crippen LogP) is -0.917. The van der Waals surface area contributed by atoms with Gasteiger partial charge in [0.05, 0.1) is 19.8 Å². The maximum atomic E-state index is 11.4.